The Morgan fingerprint density at radius 1 is 1.22 bits per heavy atom. The van der Waals surface area contributed by atoms with E-state index in [9.17, 15) is 4.79 Å². The van der Waals surface area contributed by atoms with Crippen molar-refractivity contribution in [2.75, 3.05) is 19.0 Å². The SMILES string of the molecule is CN(C)c1ccc(C(=O)Cc2ccn(C)n2)cc1. The van der Waals surface area contributed by atoms with E-state index in [1.807, 2.05) is 62.6 Å². The van der Waals surface area contributed by atoms with Crippen LogP contribution in [0.5, 0.6) is 0 Å². The molecule has 18 heavy (non-hydrogen) atoms. The van der Waals surface area contributed by atoms with E-state index in [1.54, 1.807) is 4.68 Å². The van der Waals surface area contributed by atoms with Crippen LogP contribution >= 0.6 is 0 Å². The van der Waals surface area contributed by atoms with Crippen molar-refractivity contribution in [1.82, 2.24) is 9.78 Å². The van der Waals surface area contributed by atoms with Crippen LogP contribution in [0.15, 0.2) is 36.5 Å². The second kappa shape index (κ2) is 5.04. The number of nitrogens with zero attached hydrogens (tertiary/aromatic N) is 3. The van der Waals surface area contributed by atoms with Crippen LogP contribution in [0.4, 0.5) is 5.69 Å². The van der Waals surface area contributed by atoms with Crippen molar-refractivity contribution in [3.63, 3.8) is 0 Å². The van der Waals surface area contributed by atoms with Gasteiger partial charge in [-0.15, -0.1) is 0 Å². The molecule has 4 heteroatoms. The Hall–Kier alpha value is -2.10. The maximum Gasteiger partial charge on any atom is 0.168 e. The molecule has 0 amide bonds. The largest absolute Gasteiger partial charge is 0.378 e. The Bertz CT molecular complexity index is 540. The van der Waals surface area contributed by atoms with Gasteiger partial charge in [-0.25, -0.2) is 0 Å². The van der Waals surface area contributed by atoms with Gasteiger partial charge in [0.25, 0.3) is 0 Å². The molecule has 2 rings (SSSR count). The number of aryl methyl sites for hydroxylation is 1. The van der Waals surface area contributed by atoms with E-state index < -0.39 is 0 Å². The molecule has 94 valence electrons. The van der Waals surface area contributed by atoms with Crippen LogP contribution in [-0.4, -0.2) is 29.7 Å². The normalized spacial score (nSPS) is 10.4. The fourth-order valence-corrected chi connectivity index (χ4v) is 1.77. The Labute approximate surface area is 107 Å². The Morgan fingerprint density at radius 2 is 1.89 bits per heavy atom. The lowest BCUT2D eigenvalue weighted by Crippen LogP contribution is -2.09. The molecule has 0 aliphatic rings. The molecule has 0 saturated heterocycles. The predicted molar refractivity (Wildman–Crippen MR) is 72.0 cm³/mol. The summed E-state index contributed by atoms with van der Waals surface area (Å²) < 4.78 is 1.71. The zero-order chi connectivity index (χ0) is 13.1. The number of aromatic nitrogens is 2. The molecule has 1 aromatic carbocycles. The maximum atomic E-state index is 12.0. The van der Waals surface area contributed by atoms with Gasteiger partial charge in [-0.2, -0.15) is 5.10 Å². The van der Waals surface area contributed by atoms with Gasteiger partial charge in [-0.05, 0) is 30.3 Å². The van der Waals surface area contributed by atoms with E-state index in [2.05, 4.69) is 5.10 Å². The Morgan fingerprint density at radius 3 is 2.39 bits per heavy atom. The number of anilines is 1. The lowest BCUT2D eigenvalue weighted by Gasteiger charge is -2.12. The number of Topliss-reactive ketones (excluding diaryl/α,β-unsaturated/α-hetero) is 1. The van der Waals surface area contributed by atoms with E-state index in [0.29, 0.717) is 6.42 Å². The first-order chi connectivity index (χ1) is 8.56. The lowest BCUT2D eigenvalue weighted by atomic mass is 10.1. The van der Waals surface area contributed by atoms with Crippen LogP contribution in [0, 0.1) is 0 Å². The maximum absolute atomic E-state index is 12.0. The van der Waals surface area contributed by atoms with Crippen molar-refractivity contribution in [3.05, 3.63) is 47.8 Å². The van der Waals surface area contributed by atoms with Gasteiger partial charge >= 0.3 is 0 Å². The van der Waals surface area contributed by atoms with Gasteiger partial charge in [0.15, 0.2) is 5.78 Å². The van der Waals surface area contributed by atoms with Crippen LogP contribution in [-0.2, 0) is 13.5 Å². The molecule has 0 saturated carbocycles. The summed E-state index contributed by atoms with van der Waals surface area (Å²) in [6.45, 7) is 0. The average molecular weight is 243 g/mol. The zero-order valence-corrected chi connectivity index (χ0v) is 10.9. The fourth-order valence-electron chi connectivity index (χ4n) is 1.77. The number of hydrogen-bond donors (Lipinski definition) is 0. The van der Waals surface area contributed by atoms with Gasteiger partial charge in [0.2, 0.25) is 0 Å². The summed E-state index contributed by atoms with van der Waals surface area (Å²) in [6.07, 6.45) is 2.19. The van der Waals surface area contributed by atoms with Gasteiger partial charge in [0.05, 0.1) is 12.1 Å². The number of carbonyl (C=O) groups excluding carboxylic acids is 1. The van der Waals surface area contributed by atoms with Crippen LogP contribution in [0.3, 0.4) is 0 Å². The zero-order valence-electron chi connectivity index (χ0n) is 10.9. The van der Waals surface area contributed by atoms with Gasteiger partial charge in [-0.3, -0.25) is 9.48 Å². The summed E-state index contributed by atoms with van der Waals surface area (Å²) >= 11 is 0. The summed E-state index contributed by atoms with van der Waals surface area (Å²) in [5, 5.41) is 4.21. The summed E-state index contributed by atoms with van der Waals surface area (Å²) in [5.41, 5.74) is 2.62. The minimum atomic E-state index is 0.0963. The molecule has 0 bridgehead atoms. The van der Waals surface area contributed by atoms with Crippen molar-refractivity contribution in [2.45, 2.75) is 6.42 Å². The highest BCUT2D eigenvalue weighted by Crippen LogP contribution is 2.13. The van der Waals surface area contributed by atoms with E-state index in [4.69, 9.17) is 0 Å². The third-order valence-electron chi connectivity index (χ3n) is 2.82. The number of ketones is 1. The van der Waals surface area contributed by atoms with E-state index in [1.165, 1.54) is 0 Å². The van der Waals surface area contributed by atoms with Crippen LogP contribution < -0.4 is 4.90 Å². The van der Waals surface area contributed by atoms with E-state index in [0.717, 1.165) is 16.9 Å². The van der Waals surface area contributed by atoms with Crippen molar-refractivity contribution in [2.24, 2.45) is 7.05 Å². The Balaban J connectivity index is 2.09. The molecule has 1 heterocycles. The smallest absolute Gasteiger partial charge is 0.168 e. The highest BCUT2D eigenvalue weighted by atomic mass is 16.1. The quantitative estimate of drug-likeness (QED) is 0.770. The summed E-state index contributed by atoms with van der Waals surface area (Å²) in [6, 6.07) is 9.49. The summed E-state index contributed by atoms with van der Waals surface area (Å²) in [7, 11) is 5.80. The average Bonchev–Trinajstić information content (AvgIpc) is 2.75. The van der Waals surface area contributed by atoms with E-state index in [-0.39, 0.29) is 5.78 Å². The topological polar surface area (TPSA) is 38.1 Å². The molecule has 0 unspecified atom stereocenters. The summed E-state index contributed by atoms with van der Waals surface area (Å²) in [5.74, 6) is 0.0963. The van der Waals surface area contributed by atoms with Crippen molar-refractivity contribution < 1.29 is 4.79 Å². The number of carbonyl (C=O) groups is 1. The van der Waals surface area contributed by atoms with Crippen molar-refractivity contribution in [3.8, 4) is 0 Å². The molecule has 0 fully saturated rings. The molecular formula is C14H17N3O. The van der Waals surface area contributed by atoms with Gasteiger partial charge in [0.1, 0.15) is 0 Å². The first kappa shape index (κ1) is 12.4. The van der Waals surface area contributed by atoms with E-state index >= 15 is 0 Å². The fraction of sp³-hybridized carbons (Fsp3) is 0.286. The van der Waals surface area contributed by atoms with Crippen molar-refractivity contribution in [1.29, 1.82) is 0 Å². The van der Waals surface area contributed by atoms with Crippen molar-refractivity contribution >= 4 is 11.5 Å². The number of hydrogen-bond acceptors (Lipinski definition) is 3. The van der Waals surface area contributed by atoms with Crippen LogP contribution in [0.1, 0.15) is 16.1 Å². The molecule has 0 radical (unpaired) electrons. The highest BCUT2D eigenvalue weighted by Gasteiger charge is 2.09. The monoisotopic (exact) mass is 243 g/mol. The number of rotatable bonds is 4. The molecule has 0 N–H and O–H groups in total. The third-order valence-corrected chi connectivity index (χ3v) is 2.82. The lowest BCUT2D eigenvalue weighted by molar-refractivity contribution is 0.0992. The van der Waals surface area contributed by atoms with Gasteiger partial charge in [-0.1, -0.05) is 0 Å². The predicted octanol–water partition coefficient (Wildman–Crippen LogP) is 1.91. The second-order valence-corrected chi connectivity index (χ2v) is 4.52. The molecule has 0 spiro atoms. The van der Waals surface area contributed by atoms with Gasteiger partial charge in [0, 0.05) is 38.6 Å². The van der Waals surface area contributed by atoms with Crippen LogP contribution in [0.2, 0.25) is 0 Å². The van der Waals surface area contributed by atoms with Crippen LogP contribution in [0.25, 0.3) is 0 Å². The first-order valence-corrected chi connectivity index (χ1v) is 5.85. The summed E-state index contributed by atoms with van der Waals surface area (Å²) in [4.78, 5) is 14.0. The third kappa shape index (κ3) is 2.77. The van der Waals surface area contributed by atoms with Gasteiger partial charge < -0.3 is 4.90 Å². The highest BCUT2D eigenvalue weighted by molar-refractivity contribution is 5.97. The second-order valence-electron chi connectivity index (χ2n) is 4.52. The Kier molecular flexibility index (Phi) is 3.46. The minimum absolute atomic E-state index is 0.0963. The molecule has 0 aliphatic carbocycles. The minimum Gasteiger partial charge on any atom is -0.378 e. The first-order valence-electron chi connectivity index (χ1n) is 5.85. The molecule has 4 nitrogen and oxygen atoms in total. The molecule has 2 aromatic rings. The molecule has 1 aromatic heterocycles. The standard InChI is InChI=1S/C14H17N3O/c1-16(2)13-6-4-11(5-7-13)14(18)10-12-8-9-17(3)15-12/h4-9H,10H2,1-3H3. The molecular weight excluding hydrogens is 226 g/mol. The molecule has 0 atom stereocenters. The number of benzene rings is 1. The molecule has 0 aliphatic heterocycles.